The molecule has 146 valence electrons. The number of nitrogens with zero attached hydrogens (tertiary/aromatic N) is 2. The molecule has 0 radical (unpaired) electrons. The van der Waals surface area contributed by atoms with Gasteiger partial charge in [-0.3, -0.25) is 14.1 Å². The van der Waals surface area contributed by atoms with Crippen LogP contribution in [0.1, 0.15) is 44.2 Å². The molecule has 4 rings (SSSR count). The molecule has 3 fully saturated rings. The van der Waals surface area contributed by atoms with Crippen molar-refractivity contribution >= 4 is 22.4 Å². The van der Waals surface area contributed by atoms with Gasteiger partial charge in [0.1, 0.15) is 5.69 Å². The van der Waals surface area contributed by atoms with E-state index >= 15 is 0 Å². The molecule has 0 unspecified atom stereocenters. The zero-order chi connectivity index (χ0) is 18.8. The highest BCUT2D eigenvalue weighted by atomic mass is 35.5. The Morgan fingerprint density at radius 2 is 1.88 bits per heavy atom. The van der Waals surface area contributed by atoms with Gasteiger partial charge in [-0.05, 0) is 37.9 Å². The van der Waals surface area contributed by atoms with Crippen LogP contribution in [-0.2, 0) is 17.0 Å². The largest absolute Gasteiger partial charge is 0.433 e. The number of aromatic nitrogens is 1. The van der Waals surface area contributed by atoms with Crippen LogP contribution in [0, 0.1) is 5.41 Å². The van der Waals surface area contributed by atoms with Crippen LogP contribution >= 0.6 is 11.6 Å². The fraction of sp³-hybridized carbons (Fsp3) is 0.722. The van der Waals surface area contributed by atoms with Crippen LogP contribution in [0.2, 0.25) is 5.02 Å². The van der Waals surface area contributed by atoms with Gasteiger partial charge in [0.2, 0.25) is 0 Å². The van der Waals surface area contributed by atoms with Gasteiger partial charge >= 0.3 is 6.18 Å². The number of hydrogen-bond donors (Lipinski definition) is 0. The highest BCUT2D eigenvalue weighted by molar-refractivity contribution is 7.86. The summed E-state index contributed by atoms with van der Waals surface area (Å²) in [5.41, 5.74) is -0.440. The van der Waals surface area contributed by atoms with E-state index in [0.29, 0.717) is 5.41 Å². The van der Waals surface area contributed by atoms with E-state index < -0.39 is 22.7 Å². The maximum Gasteiger partial charge on any atom is 0.433 e. The van der Waals surface area contributed by atoms with E-state index in [1.54, 1.807) is 0 Å². The third kappa shape index (κ3) is 4.98. The molecule has 1 aromatic heterocycles. The SMILES string of the molecule is FC(F)(F)c1ccc(Cl)cn1.O=S1CC2(CCN(C3CCCCC3)C2)C1. The summed E-state index contributed by atoms with van der Waals surface area (Å²) in [6.07, 6.45) is 5.03. The number of halogens is 4. The highest BCUT2D eigenvalue weighted by Gasteiger charge is 2.48. The summed E-state index contributed by atoms with van der Waals surface area (Å²) >= 11 is 5.33. The molecule has 1 saturated carbocycles. The maximum atomic E-state index is 11.8. The molecule has 26 heavy (non-hydrogen) atoms. The van der Waals surface area contributed by atoms with Gasteiger partial charge in [0.25, 0.3) is 0 Å². The zero-order valence-electron chi connectivity index (χ0n) is 14.6. The Bertz CT molecular complexity index is 624. The first-order valence-electron chi connectivity index (χ1n) is 9.05. The summed E-state index contributed by atoms with van der Waals surface area (Å²) < 4.78 is 46.7. The van der Waals surface area contributed by atoms with Crippen molar-refractivity contribution < 1.29 is 17.4 Å². The third-order valence-electron chi connectivity index (χ3n) is 5.51. The van der Waals surface area contributed by atoms with Crippen LogP contribution < -0.4 is 0 Å². The number of rotatable bonds is 1. The van der Waals surface area contributed by atoms with Crippen molar-refractivity contribution in [3.05, 3.63) is 29.0 Å². The van der Waals surface area contributed by atoms with Crippen molar-refractivity contribution in [3.63, 3.8) is 0 Å². The van der Waals surface area contributed by atoms with Crippen LogP contribution in [0.4, 0.5) is 13.2 Å². The standard InChI is InChI=1S/C12H21NOS.C6H3ClF3N/c14-15-9-12(10-15)6-7-13(8-12)11-4-2-1-3-5-11;7-4-1-2-5(11-3-4)6(8,9)10/h11H,1-10H2;1-3H. The summed E-state index contributed by atoms with van der Waals surface area (Å²) in [4.78, 5) is 5.80. The lowest BCUT2D eigenvalue weighted by atomic mass is 9.90. The topological polar surface area (TPSA) is 33.2 Å². The molecule has 0 atom stereocenters. The Kier molecular flexibility index (Phi) is 6.29. The molecule has 8 heteroatoms. The fourth-order valence-corrected chi connectivity index (χ4v) is 6.01. The number of alkyl halides is 3. The van der Waals surface area contributed by atoms with Crippen molar-refractivity contribution in [1.29, 1.82) is 0 Å². The van der Waals surface area contributed by atoms with Crippen LogP contribution in [0.15, 0.2) is 18.3 Å². The van der Waals surface area contributed by atoms with E-state index in [0.717, 1.165) is 35.9 Å². The lowest BCUT2D eigenvalue weighted by Gasteiger charge is -2.39. The minimum Gasteiger partial charge on any atom is -0.300 e. The van der Waals surface area contributed by atoms with Gasteiger partial charge in [0.15, 0.2) is 0 Å². The molecule has 0 bridgehead atoms. The number of hydrogen-bond acceptors (Lipinski definition) is 3. The first-order valence-corrected chi connectivity index (χ1v) is 10.9. The second-order valence-corrected chi connectivity index (χ2v) is 9.49. The van der Waals surface area contributed by atoms with Gasteiger partial charge in [-0.25, -0.2) is 0 Å². The molecule has 0 aromatic carbocycles. The molecule has 2 saturated heterocycles. The predicted molar refractivity (Wildman–Crippen MR) is 97.6 cm³/mol. The smallest absolute Gasteiger partial charge is 0.300 e. The van der Waals surface area contributed by atoms with E-state index in [1.807, 2.05) is 0 Å². The van der Waals surface area contributed by atoms with Crippen molar-refractivity contribution in [2.45, 2.75) is 50.7 Å². The van der Waals surface area contributed by atoms with Crippen LogP contribution in [0.3, 0.4) is 0 Å². The van der Waals surface area contributed by atoms with Gasteiger partial charge in [0.05, 0.1) is 5.02 Å². The van der Waals surface area contributed by atoms with Gasteiger partial charge in [-0.1, -0.05) is 30.9 Å². The first-order chi connectivity index (χ1) is 12.3. The predicted octanol–water partition coefficient (Wildman–Crippen LogP) is 4.53. The quantitative estimate of drug-likeness (QED) is 0.684. The van der Waals surface area contributed by atoms with E-state index in [9.17, 15) is 17.4 Å². The molecule has 3 heterocycles. The Hall–Kier alpha value is -0.660. The maximum absolute atomic E-state index is 11.8. The van der Waals surface area contributed by atoms with Gasteiger partial charge in [0, 0.05) is 46.5 Å². The third-order valence-corrected chi connectivity index (χ3v) is 7.60. The molecule has 3 aliphatic rings. The second-order valence-electron chi connectivity index (χ2n) is 7.60. The van der Waals surface area contributed by atoms with E-state index in [1.165, 1.54) is 51.6 Å². The molecule has 1 spiro atoms. The van der Waals surface area contributed by atoms with Gasteiger partial charge in [-0.2, -0.15) is 13.2 Å². The summed E-state index contributed by atoms with van der Waals surface area (Å²) in [5, 5.41) is 0.193. The molecule has 3 nitrogen and oxygen atoms in total. The summed E-state index contributed by atoms with van der Waals surface area (Å²) in [6.45, 7) is 2.53. The van der Waals surface area contributed by atoms with Crippen molar-refractivity contribution in [3.8, 4) is 0 Å². The van der Waals surface area contributed by atoms with E-state index in [4.69, 9.17) is 11.6 Å². The van der Waals surface area contributed by atoms with E-state index in [2.05, 4.69) is 9.88 Å². The lowest BCUT2D eigenvalue weighted by molar-refractivity contribution is -0.141. The minimum absolute atomic E-state index is 0.193. The summed E-state index contributed by atoms with van der Waals surface area (Å²) in [7, 11) is -0.468. The van der Waals surface area contributed by atoms with Crippen LogP contribution in [0.25, 0.3) is 0 Å². The van der Waals surface area contributed by atoms with Gasteiger partial charge < -0.3 is 0 Å². The number of pyridine rings is 1. The Balaban J connectivity index is 0.000000160. The highest BCUT2D eigenvalue weighted by Crippen LogP contribution is 2.41. The fourth-order valence-electron chi connectivity index (χ4n) is 4.15. The van der Waals surface area contributed by atoms with Crippen LogP contribution in [0.5, 0.6) is 0 Å². The van der Waals surface area contributed by atoms with Crippen molar-refractivity contribution in [2.24, 2.45) is 5.41 Å². The van der Waals surface area contributed by atoms with Crippen molar-refractivity contribution in [1.82, 2.24) is 9.88 Å². The summed E-state index contributed by atoms with van der Waals surface area (Å²) in [6, 6.07) is 2.85. The minimum atomic E-state index is -4.38. The molecule has 1 aromatic rings. The molecule has 0 N–H and O–H groups in total. The Morgan fingerprint density at radius 1 is 1.19 bits per heavy atom. The zero-order valence-corrected chi connectivity index (χ0v) is 16.2. The lowest BCUT2D eigenvalue weighted by Crippen LogP contribution is -2.48. The molecule has 0 amide bonds. The molecular weight excluding hydrogens is 385 g/mol. The number of likely N-dealkylation sites (tertiary alicyclic amines) is 1. The Labute approximate surface area is 159 Å². The second kappa shape index (κ2) is 8.15. The van der Waals surface area contributed by atoms with Crippen molar-refractivity contribution in [2.75, 3.05) is 24.6 Å². The normalized spacial score (nSPS) is 29.9. The average molecular weight is 409 g/mol. The van der Waals surface area contributed by atoms with Crippen LogP contribution in [-0.4, -0.2) is 44.7 Å². The molecule has 2 aliphatic heterocycles. The molecule has 1 aliphatic carbocycles. The summed E-state index contributed by atoms with van der Waals surface area (Å²) in [5.74, 6) is 1.99. The monoisotopic (exact) mass is 408 g/mol. The molecular formula is C18H24ClF3N2OS. The van der Waals surface area contributed by atoms with E-state index in [-0.39, 0.29) is 5.02 Å². The first kappa shape index (κ1) is 20.1. The van der Waals surface area contributed by atoms with Gasteiger partial charge in [-0.15, -0.1) is 0 Å². The average Bonchev–Trinajstić information content (AvgIpc) is 3.01. The Morgan fingerprint density at radius 3 is 2.42 bits per heavy atom.